The first-order valence-electron chi connectivity index (χ1n) is 7.85. The van der Waals surface area contributed by atoms with Crippen molar-refractivity contribution in [3.8, 4) is 0 Å². The van der Waals surface area contributed by atoms with E-state index in [0.29, 0.717) is 0 Å². The number of hydrogen-bond donors (Lipinski definition) is 2. The van der Waals surface area contributed by atoms with E-state index in [1.165, 1.54) is 32.1 Å². The van der Waals surface area contributed by atoms with Gasteiger partial charge in [0.15, 0.2) is 5.96 Å². The molecule has 0 spiro atoms. The minimum absolute atomic E-state index is 0.740. The zero-order valence-corrected chi connectivity index (χ0v) is 12.5. The van der Waals surface area contributed by atoms with Gasteiger partial charge in [0.1, 0.15) is 0 Å². The molecular weight excluding hydrogens is 238 g/mol. The minimum Gasteiger partial charge on any atom is -0.380 e. The van der Waals surface area contributed by atoms with E-state index < -0.39 is 0 Å². The maximum Gasteiger partial charge on any atom is 0.191 e. The van der Waals surface area contributed by atoms with E-state index in [1.54, 1.807) is 0 Å². The molecule has 0 aromatic carbocycles. The fourth-order valence-electron chi connectivity index (χ4n) is 3.71. The third kappa shape index (κ3) is 4.37. The summed E-state index contributed by atoms with van der Waals surface area (Å²) in [7, 11) is 1.83. The summed E-state index contributed by atoms with van der Waals surface area (Å²) in [6, 6.07) is 0. The molecule has 0 aliphatic heterocycles. The lowest BCUT2D eigenvalue weighted by Gasteiger charge is -2.22. The average Bonchev–Trinajstić information content (AvgIpc) is 3.04. The summed E-state index contributed by atoms with van der Waals surface area (Å²) in [5, 5.41) is 6.69. The lowest BCUT2D eigenvalue weighted by Crippen LogP contribution is -2.40. The van der Waals surface area contributed by atoms with Crippen LogP contribution < -0.4 is 10.6 Å². The van der Waals surface area contributed by atoms with Crippen molar-refractivity contribution in [1.29, 1.82) is 0 Å². The van der Waals surface area contributed by atoms with Gasteiger partial charge < -0.3 is 15.4 Å². The third-order valence-corrected chi connectivity index (χ3v) is 4.66. The van der Waals surface area contributed by atoms with Gasteiger partial charge in [-0.25, -0.2) is 0 Å². The predicted octanol–water partition coefficient (Wildman–Crippen LogP) is 2.01. The van der Waals surface area contributed by atoms with Crippen LogP contribution in [0.1, 0.15) is 39.0 Å². The summed E-state index contributed by atoms with van der Waals surface area (Å²) in [5.74, 6) is 3.95. The summed E-state index contributed by atoms with van der Waals surface area (Å²) < 4.78 is 5.30. The Hall–Kier alpha value is -0.770. The van der Waals surface area contributed by atoms with Gasteiger partial charge in [-0.2, -0.15) is 0 Å². The van der Waals surface area contributed by atoms with Gasteiger partial charge >= 0.3 is 0 Å². The Labute approximate surface area is 117 Å². The van der Waals surface area contributed by atoms with Crippen LogP contribution >= 0.6 is 0 Å². The SMILES string of the molecule is CCOCCNC(=NC)NCCC1CC2CCC1C2. The molecule has 2 N–H and O–H groups in total. The van der Waals surface area contributed by atoms with E-state index in [1.807, 2.05) is 14.0 Å². The largest absolute Gasteiger partial charge is 0.380 e. The lowest BCUT2D eigenvalue weighted by molar-refractivity contribution is 0.152. The van der Waals surface area contributed by atoms with E-state index in [9.17, 15) is 0 Å². The first-order chi connectivity index (χ1) is 9.33. The summed E-state index contributed by atoms with van der Waals surface area (Å²) in [6.07, 6.45) is 7.26. The van der Waals surface area contributed by atoms with Crippen molar-refractivity contribution in [2.75, 3.05) is 33.4 Å². The van der Waals surface area contributed by atoms with Crippen LogP contribution in [0, 0.1) is 17.8 Å². The fraction of sp³-hybridized carbons (Fsp3) is 0.933. The van der Waals surface area contributed by atoms with Crippen LogP contribution in [-0.2, 0) is 4.74 Å². The van der Waals surface area contributed by atoms with Crippen molar-refractivity contribution in [1.82, 2.24) is 10.6 Å². The highest BCUT2D eigenvalue weighted by Crippen LogP contribution is 2.49. The highest BCUT2D eigenvalue weighted by atomic mass is 16.5. The predicted molar refractivity (Wildman–Crippen MR) is 79.4 cm³/mol. The van der Waals surface area contributed by atoms with E-state index >= 15 is 0 Å². The van der Waals surface area contributed by atoms with E-state index in [-0.39, 0.29) is 0 Å². The van der Waals surface area contributed by atoms with Gasteiger partial charge in [-0.15, -0.1) is 0 Å². The zero-order chi connectivity index (χ0) is 13.5. The monoisotopic (exact) mass is 267 g/mol. The Morgan fingerprint density at radius 1 is 1.21 bits per heavy atom. The molecule has 0 amide bonds. The molecule has 2 bridgehead atoms. The maximum atomic E-state index is 5.30. The van der Waals surface area contributed by atoms with Gasteiger partial charge in [-0.3, -0.25) is 4.99 Å². The molecule has 0 heterocycles. The Morgan fingerprint density at radius 3 is 2.68 bits per heavy atom. The molecule has 2 rings (SSSR count). The molecule has 4 nitrogen and oxygen atoms in total. The number of hydrogen-bond acceptors (Lipinski definition) is 2. The molecule has 2 aliphatic rings. The van der Waals surface area contributed by atoms with Gasteiger partial charge in [0.2, 0.25) is 0 Å². The number of aliphatic imine (C=N–C) groups is 1. The van der Waals surface area contributed by atoms with Crippen LogP contribution in [0.15, 0.2) is 4.99 Å². The molecule has 0 aromatic heterocycles. The van der Waals surface area contributed by atoms with E-state index in [2.05, 4.69) is 15.6 Å². The molecule has 2 aliphatic carbocycles. The summed E-state index contributed by atoms with van der Waals surface area (Å²) in [4.78, 5) is 4.24. The molecule has 3 atom stereocenters. The Kier molecular flexibility index (Phi) is 5.95. The molecule has 4 heteroatoms. The maximum absolute atomic E-state index is 5.30. The number of guanidine groups is 1. The molecule has 0 radical (unpaired) electrons. The highest BCUT2D eigenvalue weighted by molar-refractivity contribution is 5.79. The molecule has 2 saturated carbocycles. The molecule has 2 fully saturated rings. The minimum atomic E-state index is 0.740. The van der Waals surface area contributed by atoms with Crippen molar-refractivity contribution in [3.05, 3.63) is 0 Å². The topological polar surface area (TPSA) is 45.6 Å². The van der Waals surface area contributed by atoms with Crippen molar-refractivity contribution in [2.45, 2.75) is 39.0 Å². The molecule has 110 valence electrons. The van der Waals surface area contributed by atoms with Gasteiger partial charge in [-0.1, -0.05) is 6.42 Å². The lowest BCUT2D eigenvalue weighted by atomic mass is 9.86. The van der Waals surface area contributed by atoms with Crippen LogP contribution in [0.3, 0.4) is 0 Å². The summed E-state index contributed by atoms with van der Waals surface area (Å²) in [5.41, 5.74) is 0. The quantitative estimate of drug-likeness (QED) is 0.421. The van der Waals surface area contributed by atoms with Crippen molar-refractivity contribution in [3.63, 3.8) is 0 Å². The van der Waals surface area contributed by atoms with Crippen LogP contribution in [0.4, 0.5) is 0 Å². The highest BCUT2D eigenvalue weighted by Gasteiger charge is 2.38. The van der Waals surface area contributed by atoms with Crippen LogP contribution in [0.25, 0.3) is 0 Å². The average molecular weight is 267 g/mol. The number of fused-ring (bicyclic) bond motifs is 2. The van der Waals surface area contributed by atoms with Gasteiger partial charge in [0.05, 0.1) is 6.61 Å². The van der Waals surface area contributed by atoms with Gasteiger partial charge in [-0.05, 0) is 50.4 Å². The second kappa shape index (κ2) is 7.73. The summed E-state index contributed by atoms with van der Waals surface area (Å²) in [6.45, 7) is 5.40. The third-order valence-electron chi connectivity index (χ3n) is 4.66. The zero-order valence-electron chi connectivity index (χ0n) is 12.5. The molecular formula is C15H29N3O. The number of ether oxygens (including phenoxy) is 1. The second-order valence-corrected chi connectivity index (χ2v) is 5.85. The van der Waals surface area contributed by atoms with Gasteiger partial charge in [0, 0.05) is 26.7 Å². The molecule has 0 aromatic rings. The van der Waals surface area contributed by atoms with E-state index in [4.69, 9.17) is 4.74 Å². The molecule has 0 saturated heterocycles. The summed E-state index contributed by atoms with van der Waals surface area (Å²) >= 11 is 0. The number of rotatable bonds is 7. The Balaban J connectivity index is 1.56. The van der Waals surface area contributed by atoms with Crippen molar-refractivity contribution in [2.24, 2.45) is 22.7 Å². The molecule has 19 heavy (non-hydrogen) atoms. The van der Waals surface area contributed by atoms with Gasteiger partial charge in [0.25, 0.3) is 0 Å². The first kappa shape index (κ1) is 14.6. The standard InChI is InChI=1S/C15H29N3O/c1-3-19-9-8-18-15(16-2)17-7-6-14-11-12-4-5-13(14)10-12/h12-14H,3-11H2,1-2H3,(H2,16,17,18). The van der Waals surface area contributed by atoms with Crippen molar-refractivity contribution < 1.29 is 4.74 Å². The normalized spacial score (nSPS) is 29.8. The fourth-order valence-corrected chi connectivity index (χ4v) is 3.71. The Bertz CT molecular complexity index is 293. The van der Waals surface area contributed by atoms with Crippen LogP contribution in [-0.4, -0.2) is 39.3 Å². The van der Waals surface area contributed by atoms with Crippen molar-refractivity contribution >= 4 is 5.96 Å². The number of nitrogens with one attached hydrogen (secondary N) is 2. The van der Waals surface area contributed by atoms with Crippen LogP contribution in [0.2, 0.25) is 0 Å². The Morgan fingerprint density at radius 2 is 2.05 bits per heavy atom. The number of nitrogens with zero attached hydrogens (tertiary/aromatic N) is 1. The molecule has 3 unspecified atom stereocenters. The van der Waals surface area contributed by atoms with E-state index in [0.717, 1.165) is 50.0 Å². The first-order valence-corrected chi connectivity index (χ1v) is 7.85. The van der Waals surface area contributed by atoms with Crippen LogP contribution in [0.5, 0.6) is 0 Å². The second-order valence-electron chi connectivity index (χ2n) is 5.85. The smallest absolute Gasteiger partial charge is 0.191 e.